The van der Waals surface area contributed by atoms with Crippen LogP contribution in [0.4, 0.5) is 10.6 Å². The lowest BCUT2D eigenvalue weighted by Gasteiger charge is -2.08. The number of rotatable bonds is 7. The van der Waals surface area contributed by atoms with Crippen molar-refractivity contribution in [3.05, 3.63) is 60.3 Å². The molecule has 0 radical (unpaired) electrons. The minimum absolute atomic E-state index is 0.291. The van der Waals surface area contributed by atoms with Gasteiger partial charge in [0.05, 0.1) is 0 Å². The van der Waals surface area contributed by atoms with Crippen LogP contribution in [0.25, 0.3) is 0 Å². The third kappa shape index (κ3) is 5.95. The summed E-state index contributed by atoms with van der Waals surface area (Å²) in [5.41, 5.74) is 0.976. The fourth-order valence-electron chi connectivity index (χ4n) is 1.74. The lowest BCUT2D eigenvalue weighted by atomic mass is 10.2. The van der Waals surface area contributed by atoms with Crippen molar-refractivity contribution < 1.29 is 9.53 Å². The highest BCUT2D eigenvalue weighted by Gasteiger charge is 2.01. The summed E-state index contributed by atoms with van der Waals surface area (Å²) in [4.78, 5) is 15.6. The molecule has 0 saturated heterocycles. The highest BCUT2D eigenvalue weighted by molar-refractivity contribution is 5.67. The van der Waals surface area contributed by atoms with Gasteiger partial charge in [0.2, 0.25) is 0 Å². The zero-order valence-electron chi connectivity index (χ0n) is 11.8. The molecule has 0 unspecified atom stereocenters. The number of pyridine rings is 1. The van der Waals surface area contributed by atoms with Crippen molar-refractivity contribution in [1.29, 1.82) is 0 Å². The van der Waals surface area contributed by atoms with E-state index in [0.717, 1.165) is 24.3 Å². The van der Waals surface area contributed by atoms with Crippen LogP contribution in [0.15, 0.2) is 54.7 Å². The van der Waals surface area contributed by atoms with Gasteiger partial charge in [0.1, 0.15) is 12.4 Å². The van der Waals surface area contributed by atoms with Crippen LogP contribution in [0, 0.1) is 0 Å². The van der Waals surface area contributed by atoms with Gasteiger partial charge in [-0.1, -0.05) is 36.4 Å². The van der Waals surface area contributed by atoms with E-state index in [9.17, 15) is 4.79 Å². The van der Waals surface area contributed by atoms with Crippen molar-refractivity contribution in [3.8, 4) is 0 Å². The predicted molar refractivity (Wildman–Crippen MR) is 82.0 cm³/mol. The molecule has 1 heterocycles. The number of hydrogen-bond donors (Lipinski definition) is 2. The molecule has 0 fully saturated rings. The SMILES string of the molecule is O=C(NCCCNc1ccccn1)OCc1ccccc1. The summed E-state index contributed by atoms with van der Waals surface area (Å²) in [5, 5.41) is 5.89. The number of anilines is 1. The second-order valence-electron chi connectivity index (χ2n) is 4.48. The highest BCUT2D eigenvalue weighted by atomic mass is 16.5. The Morgan fingerprint density at radius 1 is 1.05 bits per heavy atom. The Balaban J connectivity index is 1.53. The van der Waals surface area contributed by atoms with Crippen LogP contribution in [0.2, 0.25) is 0 Å². The van der Waals surface area contributed by atoms with E-state index in [1.165, 1.54) is 0 Å². The van der Waals surface area contributed by atoms with Crippen molar-refractivity contribution >= 4 is 11.9 Å². The summed E-state index contributed by atoms with van der Waals surface area (Å²) in [7, 11) is 0. The molecule has 0 atom stereocenters. The van der Waals surface area contributed by atoms with Crippen molar-refractivity contribution in [1.82, 2.24) is 10.3 Å². The predicted octanol–water partition coefficient (Wildman–Crippen LogP) is 2.81. The first-order chi connectivity index (χ1) is 10.3. The maximum Gasteiger partial charge on any atom is 0.407 e. The van der Waals surface area contributed by atoms with Crippen LogP contribution in [0.5, 0.6) is 0 Å². The lowest BCUT2D eigenvalue weighted by Crippen LogP contribution is -2.26. The summed E-state index contributed by atoms with van der Waals surface area (Å²) >= 11 is 0. The first kappa shape index (κ1) is 14.8. The van der Waals surface area contributed by atoms with Crippen LogP contribution < -0.4 is 10.6 Å². The third-order valence-electron chi connectivity index (χ3n) is 2.81. The molecule has 0 aliphatic heterocycles. The van der Waals surface area contributed by atoms with Gasteiger partial charge in [-0.25, -0.2) is 9.78 Å². The Morgan fingerprint density at radius 2 is 1.86 bits per heavy atom. The molecule has 110 valence electrons. The minimum atomic E-state index is -0.392. The molecule has 5 nitrogen and oxygen atoms in total. The topological polar surface area (TPSA) is 63.2 Å². The normalized spacial score (nSPS) is 9.90. The molecule has 1 amide bonds. The number of carbonyl (C=O) groups is 1. The fraction of sp³-hybridized carbons (Fsp3) is 0.250. The van der Waals surface area contributed by atoms with Crippen molar-refractivity contribution in [3.63, 3.8) is 0 Å². The Bertz CT molecular complexity index is 532. The average molecular weight is 285 g/mol. The van der Waals surface area contributed by atoms with Gasteiger partial charge in [-0.2, -0.15) is 0 Å². The van der Waals surface area contributed by atoms with Gasteiger partial charge in [-0.15, -0.1) is 0 Å². The van der Waals surface area contributed by atoms with Gasteiger partial charge >= 0.3 is 6.09 Å². The molecule has 2 N–H and O–H groups in total. The number of nitrogens with one attached hydrogen (secondary N) is 2. The van der Waals surface area contributed by atoms with Gasteiger partial charge < -0.3 is 15.4 Å². The molecule has 5 heteroatoms. The first-order valence-corrected chi connectivity index (χ1v) is 6.94. The molecule has 1 aromatic heterocycles. The van der Waals surface area contributed by atoms with Crippen LogP contribution in [-0.2, 0) is 11.3 Å². The van der Waals surface area contributed by atoms with Crippen LogP contribution in [0.1, 0.15) is 12.0 Å². The van der Waals surface area contributed by atoms with Gasteiger partial charge in [0, 0.05) is 19.3 Å². The monoisotopic (exact) mass is 285 g/mol. The van der Waals surface area contributed by atoms with Gasteiger partial charge in [-0.05, 0) is 24.1 Å². The summed E-state index contributed by atoms with van der Waals surface area (Å²) in [6.45, 7) is 1.60. The first-order valence-electron chi connectivity index (χ1n) is 6.94. The number of aromatic nitrogens is 1. The molecule has 0 spiro atoms. The van der Waals surface area contributed by atoms with E-state index < -0.39 is 6.09 Å². The molecular formula is C16H19N3O2. The number of alkyl carbamates (subject to hydrolysis) is 1. The standard InChI is InChI=1S/C16H19N3O2/c20-16(21-13-14-7-2-1-3-8-14)19-12-6-11-18-15-9-4-5-10-17-15/h1-5,7-10H,6,11-13H2,(H,17,18)(H,19,20). The Labute approximate surface area is 124 Å². The summed E-state index contributed by atoms with van der Waals surface area (Å²) in [6.07, 6.45) is 2.15. The highest BCUT2D eigenvalue weighted by Crippen LogP contribution is 2.01. The van der Waals surface area contributed by atoms with E-state index in [0.29, 0.717) is 13.2 Å². The van der Waals surface area contributed by atoms with Crippen LogP contribution >= 0.6 is 0 Å². The summed E-state index contributed by atoms with van der Waals surface area (Å²) in [6, 6.07) is 15.3. The van der Waals surface area contributed by atoms with Crippen LogP contribution in [0.3, 0.4) is 0 Å². The van der Waals surface area contributed by atoms with E-state index in [4.69, 9.17) is 4.74 Å². The van der Waals surface area contributed by atoms with Gasteiger partial charge in [0.25, 0.3) is 0 Å². The second kappa shape index (κ2) is 8.58. The average Bonchev–Trinajstić information content (AvgIpc) is 2.54. The molecule has 2 aromatic rings. The van der Waals surface area contributed by atoms with E-state index in [1.807, 2.05) is 48.5 Å². The molecule has 0 aliphatic rings. The molecule has 2 rings (SSSR count). The summed E-state index contributed by atoms with van der Waals surface area (Å²) < 4.78 is 5.11. The van der Waals surface area contributed by atoms with Gasteiger partial charge in [0.15, 0.2) is 0 Å². The Hall–Kier alpha value is -2.56. The summed E-state index contributed by atoms with van der Waals surface area (Å²) in [5.74, 6) is 0.837. The number of ether oxygens (including phenoxy) is 1. The van der Waals surface area contributed by atoms with E-state index in [-0.39, 0.29) is 0 Å². The zero-order valence-corrected chi connectivity index (χ0v) is 11.8. The molecule has 0 saturated carbocycles. The van der Waals surface area contributed by atoms with Crippen molar-refractivity contribution in [2.24, 2.45) is 0 Å². The Kier molecular flexibility index (Phi) is 6.06. The number of amides is 1. The maximum atomic E-state index is 11.5. The van der Waals surface area contributed by atoms with Crippen LogP contribution in [-0.4, -0.2) is 24.2 Å². The van der Waals surface area contributed by atoms with Crippen molar-refractivity contribution in [2.75, 3.05) is 18.4 Å². The number of benzene rings is 1. The lowest BCUT2D eigenvalue weighted by molar-refractivity contribution is 0.139. The Morgan fingerprint density at radius 3 is 2.62 bits per heavy atom. The largest absolute Gasteiger partial charge is 0.445 e. The second-order valence-corrected chi connectivity index (χ2v) is 4.48. The molecule has 0 bridgehead atoms. The quantitative estimate of drug-likeness (QED) is 0.768. The number of hydrogen-bond acceptors (Lipinski definition) is 4. The zero-order chi connectivity index (χ0) is 14.8. The smallest absolute Gasteiger partial charge is 0.407 e. The third-order valence-corrected chi connectivity index (χ3v) is 2.81. The molecular weight excluding hydrogens is 266 g/mol. The molecule has 1 aromatic carbocycles. The fourth-order valence-corrected chi connectivity index (χ4v) is 1.74. The van der Waals surface area contributed by atoms with Crippen molar-refractivity contribution in [2.45, 2.75) is 13.0 Å². The van der Waals surface area contributed by atoms with E-state index in [2.05, 4.69) is 15.6 Å². The number of carbonyl (C=O) groups excluding carboxylic acids is 1. The minimum Gasteiger partial charge on any atom is -0.445 e. The molecule has 0 aliphatic carbocycles. The molecule has 21 heavy (non-hydrogen) atoms. The van der Waals surface area contributed by atoms with Gasteiger partial charge in [-0.3, -0.25) is 0 Å². The van der Waals surface area contributed by atoms with E-state index in [1.54, 1.807) is 6.20 Å². The maximum absolute atomic E-state index is 11.5. The van der Waals surface area contributed by atoms with E-state index >= 15 is 0 Å². The number of nitrogens with zero attached hydrogens (tertiary/aromatic N) is 1.